The van der Waals surface area contributed by atoms with Crippen LogP contribution in [0.4, 0.5) is 0 Å². The van der Waals surface area contributed by atoms with E-state index in [9.17, 15) is 10.2 Å². The number of phenolic OH excluding ortho intramolecular Hbond substituents is 2. The molecule has 3 N–H and O–H groups in total. The van der Waals surface area contributed by atoms with Crippen molar-refractivity contribution in [3.63, 3.8) is 0 Å². The maximum atomic E-state index is 10.1. The largest absolute Gasteiger partial charge is 0.507 e. The fourth-order valence-electron chi connectivity index (χ4n) is 2.51. The molecule has 1 aromatic rings. The summed E-state index contributed by atoms with van der Waals surface area (Å²) in [5.41, 5.74) is 1.54. The molecule has 0 spiro atoms. The molecule has 1 saturated heterocycles. The van der Waals surface area contributed by atoms with E-state index in [0.29, 0.717) is 18.8 Å². The van der Waals surface area contributed by atoms with Gasteiger partial charge in [-0.1, -0.05) is 19.8 Å². The number of ether oxygens (including phenoxy) is 1. The first-order chi connectivity index (χ1) is 9.22. The average Bonchev–Trinajstić information content (AvgIpc) is 2.39. The van der Waals surface area contributed by atoms with Gasteiger partial charge in [0.05, 0.1) is 24.8 Å². The van der Waals surface area contributed by atoms with Crippen LogP contribution in [0.3, 0.4) is 0 Å². The van der Waals surface area contributed by atoms with Gasteiger partial charge in [0.25, 0.3) is 0 Å². The van der Waals surface area contributed by atoms with Gasteiger partial charge in [0.15, 0.2) is 0 Å². The Balaban J connectivity index is 2.12. The normalized spacial score (nSPS) is 19.5. The van der Waals surface area contributed by atoms with Crippen molar-refractivity contribution in [1.29, 1.82) is 0 Å². The number of unbranched alkanes of at least 4 members (excludes halogenated alkanes) is 2. The van der Waals surface area contributed by atoms with E-state index in [2.05, 4.69) is 12.2 Å². The van der Waals surface area contributed by atoms with Crippen molar-refractivity contribution in [1.82, 2.24) is 5.32 Å². The first-order valence-corrected chi connectivity index (χ1v) is 7.08. The molecule has 0 radical (unpaired) electrons. The minimum Gasteiger partial charge on any atom is -0.507 e. The van der Waals surface area contributed by atoms with Gasteiger partial charge in [-0.25, -0.2) is 0 Å². The predicted octanol–water partition coefficient (Wildman–Crippen LogP) is 2.49. The molecule has 0 saturated carbocycles. The lowest BCUT2D eigenvalue weighted by molar-refractivity contribution is 0.0752. The monoisotopic (exact) mass is 265 g/mol. The average molecular weight is 265 g/mol. The van der Waals surface area contributed by atoms with Crippen molar-refractivity contribution >= 4 is 0 Å². The lowest BCUT2D eigenvalue weighted by Crippen LogP contribution is -2.34. The fraction of sp³-hybridized carbons (Fsp3) is 0.600. The van der Waals surface area contributed by atoms with Gasteiger partial charge >= 0.3 is 0 Å². The van der Waals surface area contributed by atoms with Gasteiger partial charge in [-0.2, -0.15) is 0 Å². The highest BCUT2D eigenvalue weighted by molar-refractivity contribution is 5.48. The molecule has 0 amide bonds. The van der Waals surface area contributed by atoms with E-state index in [1.807, 2.05) is 0 Å². The van der Waals surface area contributed by atoms with Gasteiger partial charge in [-0.3, -0.25) is 0 Å². The molecule has 4 nitrogen and oxygen atoms in total. The zero-order valence-corrected chi connectivity index (χ0v) is 11.5. The van der Waals surface area contributed by atoms with Gasteiger partial charge in [-0.05, 0) is 30.5 Å². The molecule has 1 atom stereocenters. The maximum absolute atomic E-state index is 10.1. The number of hydrogen-bond acceptors (Lipinski definition) is 4. The molecule has 1 fully saturated rings. The van der Waals surface area contributed by atoms with Gasteiger partial charge < -0.3 is 20.3 Å². The van der Waals surface area contributed by atoms with Crippen LogP contribution in [-0.2, 0) is 11.2 Å². The molecule has 1 aliphatic heterocycles. The third-order valence-corrected chi connectivity index (χ3v) is 3.54. The summed E-state index contributed by atoms with van der Waals surface area (Å²) in [5.74, 6) is 0.323. The zero-order valence-electron chi connectivity index (χ0n) is 11.5. The SMILES string of the molecule is CCCCCc1cc(O)c(C2COCCN2)c(O)c1. The van der Waals surface area contributed by atoms with Crippen LogP contribution < -0.4 is 5.32 Å². The van der Waals surface area contributed by atoms with Crippen LogP contribution in [0.25, 0.3) is 0 Å². The third-order valence-electron chi connectivity index (χ3n) is 3.54. The molecule has 1 heterocycles. The summed E-state index contributed by atoms with van der Waals surface area (Å²) in [6.07, 6.45) is 4.31. The van der Waals surface area contributed by atoms with E-state index in [4.69, 9.17) is 4.74 Å². The van der Waals surface area contributed by atoms with Gasteiger partial charge in [-0.15, -0.1) is 0 Å². The van der Waals surface area contributed by atoms with Crippen molar-refractivity contribution < 1.29 is 14.9 Å². The quantitative estimate of drug-likeness (QED) is 0.716. The molecule has 19 heavy (non-hydrogen) atoms. The van der Waals surface area contributed by atoms with Crippen LogP contribution in [0.2, 0.25) is 0 Å². The van der Waals surface area contributed by atoms with E-state index in [-0.39, 0.29) is 17.5 Å². The first kappa shape index (κ1) is 14.2. The first-order valence-electron chi connectivity index (χ1n) is 7.08. The van der Waals surface area contributed by atoms with Crippen molar-refractivity contribution in [2.24, 2.45) is 0 Å². The van der Waals surface area contributed by atoms with E-state index in [1.54, 1.807) is 12.1 Å². The standard InChI is InChI=1S/C15H23NO3/c1-2-3-4-5-11-8-13(17)15(14(18)9-11)12-10-19-7-6-16-12/h8-9,12,16-18H,2-7,10H2,1H3. The molecule has 0 aliphatic carbocycles. The number of benzene rings is 1. The Bertz CT molecular complexity index is 391. The number of rotatable bonds is 5. The molecule has 1 aromatic carbocycles. The summed E-state index contributed by atoms with van der Waals surface area (Å²) >= 11 is 0. The van der Waals surface area contributed by atoms with Crippen LogP contribution in [0, 0.1) is 0 Å². The zero-order chi connectivity index (χ0) is 13.7. The Labute approximate surface area is 114 Å². The van der Waals surface area contributed by atoms with Crippen LogP contribution in [0.15, 0.2) is 12.1 Å². The summed E-state index contributed by atoms with van der Waals surface area (Å²) in [4.78, 5) is 0. The maximum Gasteiger partial charge on any atom is 0.124 e. The number of morpholine rings is 1. The summed E-state index contributed by atoms with van der Waals surface area (Å²) in [6.45, 7) is 4.05. The Hall–Kier alpha value is -1.26. The minimum atomic E-state index is -0.126. The fourth-order valence-corrected chi connectivity index (χ4v) is 2.51. The van der Waals surface area contributed by atoms with Crippen molar-refractivity contribution in [2.75, 3.05) is 19.8 Å². The predicted molar refractivity (Wildman–Crippen MR) is 74.6 cm³/mol. The van der Waals surface area contributed by atoms with Crippen LogP contribution >= 0.6 is 0 Å². The summed E-state index contributed by atoms with van der Waals surface area (Å²) in [7, 11) is 0. The molecular weight excluding hydrogens is 242 g/mol. The van der Waals surface area contributed by atoms with Gasteiger partial charge in [0.1, 0.15) is 11.5 Å². The highest BCUT2D eigenvalue weighted by Gasteiger charge is 2.22. The van der Waals surface area contributed by atoms with E-state index in [1.165, 1.54) is 12.8 Å². The number of phenols is 2. The summed E-state index contributed by atoms with van der Waals surface area (Å²) < 4.78 is 5.37. The molecule has 2 rings (SSSR count). The molecular formula is C15H23NO3. The van der Waals surface area contributed by atoms with E-state index < -0.39 is 0 Å². The van der Waals surface area contributed by atoms with Crippen molar-refractivity contribution in [3.05, 3.63) is 23.3 Å². The highest BCUT2D eigenvalue weighted by Crippen LogP contribution is 2.35. The van der Waals surface area contributed by atoms with Crippen molar-refractivity contribution in [3.8, 4) is 11.5 Å². The second-order valence-corrected chi connectivity index (χ2v) is 5.09. The number of aromatic hydroxyl groups is 2. The van der Waals surface area contributed by atoms with Gasteiger partial charge in [0.2, 0.25) is 0 Å². The topological polar surface area (TPSA) is 61.7 Å². The Morgan fingerprint density at radius 1 is 1.26 bits per heavy atom. The third kappa shape index (κ3) is 3.61. The molecule has 0 bridgehead atoms. The Morgan fingerprint density at radius 3 is 2.58 bits per heavy atom. The molecule has 0 aromatic heterocycles. The Kier molecular flexibility index (Phi) is 5.05. The van der Waals surface area contributed by atoms with Crippen LogP contribution in [0.5, 0.6) is 11.5 Å². The van der Waals surface area contributed by atoms with E-state index >= 15 is 0 Å². The molecule has 1 unspecified atom stereocenters. The van der Waals surface area contributed by atoms with Crippen molar-refractivity contribution in [2.45, 2.75) is 38.6 Å². The molecule has 1 aliphatic rings. The van der Waals surface area contributed by atoms with Crippen LogP contribution in [0.1, 0.15) is 43.4 Å². The summed E-state index contributed by atoms with van der Waals surface area (Å²) in [6, 6.07) is 3.40. The van der Waals surface area contributed by atoms with Crippen LogP contribution in [-0.4, -0.2) is 30.0 Å². The molecule has 106 valence electrons. The number of aryl methyl sites for hydroxylation is 1. The number of nitrogens with one attached hydrogen (secondary N) is 1. The second-order valence-electron chi connectivity index (χ2n) is 5.09. The Morgan fingerprint density at radius 2 is 2.00 bits per heavy atom. The summed E-state index contributed by atoms with van der Waals surface area (Å²) in [5, 5.41) is 23.5. The second kappa shape index (κ2) is 6.78. The highest BCUT2D eigenvalue weighted by atomic mass is 16.5. The van der Waals surface area contributed by atoms with Gasteiger partial charge in [0, 0.05) is 6.54 Å². The number of hydrogen-bond donors (Lipinski definition) is 3. The minimum absolute atomic E-state index is 0.126. The molecule has 4 heteroatoms. The lowest BCUT2D eigenvalue weighted by Gasteiger charge is -2.25. The smallest absolute Gasteiger partial charge is 0.124 e. The lowest BCUT2D eigenvalue weighted by atomic mass is 9.99. The van der Waals surface area contributed by atoms with E-state index in [0.717, 1.165) is 24.9 Å².